The first-order valence-electron chi connectivity index (χ1n) is 8.10. The molecule has 0 aliphatic carbocycles. The number of hydrogen-bond acceptors (Lipinski definition) is 2. The van der Waals surface area contributed by atoms with E-state index in [2.05, 4.69) is 31.3 Å². The summed E-state index contributed by atoms with van der Waals surface area (Å²) in [6.07, 6.45) is 1.11. The number of carbonyl (C=O) groups excluding carboxylic acids is 1. The summed E-state index contributed by atoms with van der Waals surface area (Å²) in [7, 11) is 0. The standard InChI is InChI=1S/C20H25NO2/c1-5-14(2)17-9-11-18(12-10-17)23-13-20(22)21-19-8-6-7-15(3)16(19)4/h6-12,14H,5,13H2,1-4H3,(H,21,22)/t14-/m0/s1. The van der Waals surface area contributed by atoms with Crippen LogP contribution in [0.25, 0.3) is 0 Å². The van der Waals surface area contributed by atoms with Crippen LogP contribution in [0.3, 0.4) is 0 Å². The van der Waals surface area contributed by atoms with Crippen LogP contribution in [-0.2, 0) is 4.79 Å². The maximum atomic E-state index is 12.0. The third kappa shape index (κ3) is 4.59. The molecule has 1 atom stereocenters. The van der Waals surface area contributed by atoms with Crippen LogP contribution in [0.4, 0.5) is 5.69 Å². The zero-order chi connectivity index (χ0) is 16.8. The number of carbonyl (C=O) groups is 1. The Morgan fingerprint density at radius 2 is 1.83 bits per heavy atom. The highest BCUT2D eigenvalue weighted by molar-refractivity contribution is 5.92. The van der Waals surface area contributed by atoms with Gasteiger partial charge in [-0.25, -0.2) is 0 Å². The second-order valence-electron chi connectivity index (χ2n) is 5.96. The summed E-state index contributed by atoms with van der Waals surface area (Å²) >= 11 is 0. The van der Waals surface area contributed by atoms with E-state index in [4.69, 9.17) is 4.74 Å². The minimum atomic E-state index is -0.148. The van der Waals surface area contributed by atoms with Crippen LogP contribution in [0.1, 0.15) is 42.9 Å². The molecule has 1 N–H and O–H groups in total. The maximum absolute atomic E-state index is 12.0. The molecular weight excluding hydrogens is 286 g/mol. The minimum Gasteiger partial charge on any atom is -0.484 e. The average molecular weight is 311 g/mol. The number of anilines is 1. The van der Waals surface area contributed by atoms with Crippen molar-refractivity contribution in [3.63, 3.8) is 0 Å². The summed E-state index contributed by atoms with van der Waals surface area (Å²) in [5, 5.41) is 2.90. The van der Waals surface area contributed by atoms with Gasteiger partial charge in [0.1, 0.15) is 5.75 Å². The monoisotopic (exact) mass is 311 g/mol. The van der Waals surface area contributed by atoms with Crippen molar-refractivity contribution in [1.29, 1.82) is 0 Å². The Hall–Kier alpha value is -2.29. The zero-order valence-corrected chi connectivity index (χ0v) is 14.3. The average Bonchev–Trinajstić information content (AvgIpc) is 2.57. The van der Waals surface area contributed by atoms with Gasteiger partial charge < -0.3 is 10.1 Å². The summed E-state index contributed by atoms with van der Waals surface area (Å²) in [5.74, 6) is 1.11. The molecule has 0 aliphatic heterocycles. The van der Waals surface area contributed by atoms with Gasteiger partial charge in [0.05, 0.1) is 0 Å². The van der Waals surface area contributed by atoms with E-state index in [1.54, 1.807) is 0 Å². The highest BCUT2D eigenvalue weighted by Gasteiger charge is 2.07. The molecule has 3 nitrogen and oxygen atoms in total. The first kappa shape index (κ1) is 17.1. The second-order valence-corrected chi connectivity index (χ2v) is 5.96. The van der Waals surface area contributed by atoms with E-state index in [-0.39, 0.29) is 12.5 Å². The number of rotatable bonds is 6. The summed E-state index contributed by atoms with van der Waals surface area (Å²) in [6.45, 7) is 8.41. The fraction of sp³-hybridized carbons (Fsp3) is 0.350. The summed E-state index contributed by atoms with van der Waals surface area (Å²) in [6, 6.07) is 13.8. The molecule has 0 spiro atoms. The van der Waals surface area contributed by atoms with Crippen LogP contribution in [0.5, 0.6) is 5.75 Å². The van der Waals surface area contributed by atoms with Gasteiger partial charge in [-0.05, 0) is 61.1 Å². The first-order chi connectivity index (χ1) is 11.0. The maximum Gasteiger partial charge on any atom is 0.262 e. The Morgan fingerprint density at radius 1 is 1.13 bits per heavy atom. The minimum absolute atomic E-state index is 0.00998. The van der Waals surface area contributed by atoms with Crippen molar-refractivity contribution in [2.75, 3.05) is 11.9 Å². The van der Waals surface area contributed by atoms with Gasteiger partial charge in [-0.15, -0.1) is 0 Å². The van der Waals surface area contributed by atoms with Gasteiger partial charge in [-0.1, -0.05) is 38.1 Å². The van der Waals surface area contributed by atoms with E-state index in [0.29, 0.717) is 11.7 Å². The molecule has 0 aliphatic rings. The SMILES string of the molecule is CC[C@H](C)c1ccc(OCC(=O)Nc2cccc(C)c2C)cc1. The van der Waals surface area contributed by atoms with Gasteiger partial charge in [-0.2, -0.15) is 0 Å². The number of aryl methyl sites for hydroxylation is 1. The molecule has 2 aromatic carbocycles. The molecule has 1 amide bonds. The predicted molar refractivity (Wildman–Crippen MR) is 95.2 cm³/mol. The summed E-state index contributed by atoms with van der Waals surface area (Å²) in [4.78, 5) is 12.0. The molecule has 0 radical (unpaired) electrons. The molecule has 3 heteroatoms. The van der Waals surface area contributed by atoms with Gasteiger partial charge in [0, 0.05) is 5.69 Å². The van der Waals surface area contributed by atoms with E-state index in [1.165, 1.54) is 5.56 Å². The van der Waals surface area contributed by atoms with Crippen molar-refractivity contribution < 1.29 is 9.53 Å². The van der Waals surface area contributed by atoms with Gasteiger partial charge >= 0.3 is 0 Å². The largest absolute Gasteiger partial charge is 0.484 e. The van der Waals surface area contributed by atoms with E-state index >= 15 is 0 Å². The summed E-state index contributed by atoms with van der Waals surface area (Å²) in [5.41, 5.74) is 4.37. The molecule has 2 rings (SSSR count). The fourth-order valence-electron chi connectivity index (χ4n) is 2.35. The molecule has 122 valence electrons. The Bertz CT molecular complexity index is 662. The molecule has 2 aromatic rings. The fourth-order valence-corrected chi connectivity index (χ4v) is 2.35. The normalized spacial score (nSPS) is 11.8. The van der Waals surface area contributed by atoms with Gasteiger partial charge in [-0.3, -0.25) is 4.79 Å². The number of benzene rings is 2. The lowest BCUT2D eigenvalue weighted by atomic mass is 9.99. The van der Waals surface area contributed by atoms with E-state index in [9.17, 15) is 4.79 Å². The lowest BCUT2D eigenvalue weighted by Gasteiger charge is -2.12. The molecule has 23 heavy (non-hydrogen) atoms. The quantitative estimate of drug-likeness (QED) is 0.829. The smallest absolute Gasteiger partial charge is 0.262 e. The lowest BCUT2D eigenvalue weighted by molar-refractivity contribution is -0.118. The van der Waals surface area contributed by atoms with Crippen molar-refractivity contribution in [3.05, 3.63) is 59.2 Å². The molecule has 0 fully saturated rings. The van der Waals surface area contributed by atoms with E-state index < -0.39 is 0 Å². The predicted octanol–water partition coefficient (Wildman–Crippen LogP) is 4.83. The van der Waals surface area contributed by atoms with Crippen LogP contribution < -0.4 is 10.1 Å². The van der Waals surface area contributed by atoms with E-state index in [1.807, 2.05) is 44.2 Å². The lowest BCUT2D eigenvalue weighted by Crippen LogP contribution is -2.20. The number of ether oxygens (including phenoxy) is 1. The third-order valence-electron chi connectivity index (χ3n) is 4.31. The number of hydrogen-bond donors (Lipinski definition) is 1. The molecule has 0 bridgehead atoms. The molecule has 0 saturated carbocycles. The Morgan fingerprint density at radius 3 is 2.48 bits per heavy atom. The highest BCUT2D eigenvalue weighted by Crippen LogP contribution is 2.22. The van der Waals surface area contributed by atoms with Crippen LogP contribution in [0.15, 0.2) is 42.5 Å². The van der Waals surface area contributed by atoms with Crippen molar-refractivity contribution in [3.8, 4) is 5.75 Å². The first-order valence-corrected chi connectivity index (χ1v) is 8.10. The van der Waals surface area contributed by atoms with Crippen LogP contribution >= 0.6 is 0 Å². The van der Waals surface area contributed by atoms with Crippen molar-refractivity contribution in [2.24, 2.45) is 0 Å². The van der Waals surface area contributed by atoms with Crippen molar-refractivity contribution in [2.45, 2.75) is 40.0 Å². The molecule has 0 saturated heterocycles. The van der Waals surface area contributed by atoms with Gasteiger partial charge in [0.25, 0.3) is 5.91 Å². The van der Waals surface area contributed by atoms with Gasteiger partial charge in [0.2, 0.25) is 0 Å². The number of nitrogens with one attached hydrogen (secondary N) is 1. The van der Waals surface area contributed by atoms with Crippen molar-refractivity contribution >= 4 is 11.6 Å². The Balaban J connectivity index is 1.90. The molecule has 0 aromatic heterocycles. The Kier molecular flexibility index (Phi) is 5.80. The summed E-state index contributed by atoms with van der Waals surface area (Å²) < 4.78 is 5.57. The molecular formula is C20H25NO2. The van der Waals surface area contributed by atoms with Crippen molar-refractivity contribution in [1.82, 2.24) is 0 Å². The van der Waals surface area contributed by atoms with Crippen LogP contribution in [-0.4, -0.2) is 12.5 Å². The molecule has 0 unspecified atom stereocenters. The molecule has 0 heterocycles. The zero-order valence-electron chi connectivity index (χ0n) is 14.3. The highest BCUT2D eigenvalue weighted by atomic mass is 16.5. The topological polar surface area (TPSA) is 38.3 Å². The third-order valence-corrected chi connectivity index (χ3v) is 4.31. The Labute approximate surface area is 138 Å². The second kappa shape index (κ2) is 7.82. The van der Waals surface area contributed by atoms with Crippen LogP contribution in [0.2, 0.25) is 0 Å². The van der Waals surface area contributed by atoms with Gasteiger partial charge in [0.15, 0.2) is 6.61 Å². The number of amides is 1. The van der Waals surface area contributed by atoms with E-state index in [0.717, 1.165) is 23.2 Å². The van der Waals surface area contributed by atoms with Crippen LogP contribution in [0, 0.1) is 13.8 Å².